The highest BCUT2D eigenvalue weighted by atomic mass is 79.9. The van der Waals surface area contributed by atoms with Crippen LogP contribution in [0, 0.1) is 22.0 Å². The number of rotatable bonds is 2. The molecule has 162 valence electrons. The zero-order valence-electron chi connectivity index (χ0n) is 16.7. The Morgan fingerprint density at radius 2 is 1.84 bits per heavy atom. The lowest BCUT2D eigenvalue weighted by atomic mass is 9.75. The second-order valence-corrected chi connectivity index (χ2v) is 9.52. The van der Waals surface area contributed by atoms with Crippen LogP contribution in [-0.4, -0.2) is 40.1 Å². The highest BCUT2D eigenvalue weighted by Crippen LogP contribution is 2.60. The predicted molar refractivity (Wildman–Crippen MR) is 117 cm³/mol. The Morgan fingerprint density at radius 3 is 2.56 bits per heavy atom. The van der Waals surface area contributed by atoms with Gasteiger partial charge in [0.1, 0.15) is 5.54 Å². The number of carbonyl (C=O) groups excluding carboxylic acids is 3. The Bertz CT molecular complexity index is 1230. The van der Waals surface area contributed by atoms with Crippen LogP contribution in [0.2, 0.25) is 0 Å². The minimum Gasteiger partial charge on any atom is -0.324 e. The van der Waals surface area contributed by atoms with Crippen LogP contribution in [0.25, 0.3) is 0 Å². The fraction of sp³-hybridized carbons (Fsp3) is 0.318. The maximum absolute atomic E-state index is 13.8. The molecule has 6 rings (SSSR count). The Labute approximate surface area is 190 Å². The molecule has 0 bridgehead atoms. The summed E-state index contributed by atoms with van der Waals surface area (Å²) in [6.07, 6.45) is 1.57. The zero-order chi connectivity index (χ0) is 22.4. The van der Waals surface area contributed by atoms with Crippen molar-refractivity contribution in [3.05, 3.63) is 62.6 Å². The number of fused-ring (bicyclic) bond motifs is 7. The summed E-state index contributed by atoms with van der Waals surface area (Å²) in [5.74, 6) is -2.57. The van der Waals surface area contributed by atoms with Gasteiger partial charge in [0.25, 0.3) is 5.69 Å². The molecule has 4 atom stereocenters. The smallest absolute Gasteiger partial charge is 0.269 e. The van der Waals surface area contributed by atoms with Crippen LogP contribution in [-0.2, 0) is 19.9 Å². The van der Waals surface area contributed by atoms with Crippen molar-refractivity contribution >= 4 is 50.7 Å². The molecule has 3 amide bonds. The fourth-order valence-electron chi connectivity index (χ4n) is 6.15. The van der Waals surface area contributed by atoms with Crippen LogP contribution >= 0.6 is 15.9 Å². The largest absolute Gasteiger partial charge is 0.324 e. The summed E-state index contributed by atoms with van der Waals surface area (Å²) in [6, 6.07) is 10.6. The van der Waals surface area contributed by atoms with E-state index in [2.05, 4.69) is 26.1 Å². The number of nitrogens with zero attached hydrogens (tertiary/aromatic N) is 3. The van der Waals surface area contributed by atoms with Gasteiger partial charge in [0, 0.05) is 33.9 Å². The SMILES string of the molecule is O=C1[C@H]2[C@H]3CCCN3[C@@]3(C(=O)Nc4ccc(Br)cc43)[C@@H]2C(=O)N1c1ccc([N+](=O)[O-])cc1. The van der Waals surface area contributed by atoms with Crippen LogP contribution in [0.15, 0.2) is 46.9 Å². The van der Waals surface area contributed by atoms with E-state index in [-0.39, 0.29) is 29.2 Å². The lowest BCUT2D eigenvalue weighted by Gasteiger charge is -2.36. The molecule has 1 N–H and O–H groups in total. The molecule has 3 fully saturated rings. The molecule has 0 radical (unpaired) electrons. The van der Waals surface area contributed by atoms with Crippen molar-refractivity contribution in [3.63, 3.8) is 0 Å². The lowest BCUT2D eigenvalue weighted by molar-refractivity contribution is -0.384. The fourth-order valence-corrected chi connectivity index (χ4v) is 6.51. The Hall–Kier alpha value is -3.11. The van der Waals surface area contributed by atoms with Crippen molar-refractivity contribution in [2.45, 2.75) is 24.4 Å². The van der Waals surface area contributed by atoms with Gasteiger partial charge in [0.15, 0.2) is 0 Å². The minimum absolute atomic E-state index is 0.125. The molecule has 2 aromatic rings. The van der Waals surface area contributed by atoms with Gasteiger partial charge in [-0.1, -0.05) is 15.9 Å². The number of hydrogen-bond acceptors (Lipinski definition) is 6. The van der Waals surface area contributed by atoms with E-state index in [1.807, 2.05) is 12.1 Å². The number of carbonyl (C=O) groups is 3. The standard InChI is InChI=1S/C22H17BrN4O5/c23-11-3-8-15-14(10-11)22(21(30)24-15)18-17(16-2-1-9-25(16)22)19(28)26(20(18)29)12-4-6-13(7-5-12)27(31)32/h3-8,10,16-18H,1-2,9H2,(H,24,30)/t16-,17+,18+,22-/m1/s1. The minimum atomic E-state index is -1.24. The summed E-state index contributed by atoms with van der Waals surface area (Å²) in [7, 11) is 0. The van der Waals surface area contributed by atoms with Crippen molar-refractivity contribution in [2.75, 3.05) is 16.8 Å². The average molecular weight is 497 g/mol. The van der Waals surface area contributed by atoms with E-state index in [4.69, 9.17) is 0 Å². The van der Waals surface area contributed by atoms with Crippen molar-refractivity contribution in [1.29, 1.82) is 0 Å². The third-order valence-electron chi connectivity index (χ3n) is 7.27. The molecule has 9 nitrogen and oxygen atoms in total. The van der Waals surface area contributed by atoms with Gasteiger partial charge >= 0.3 is 0 Å². The lowest BCUT2D eigenvalue weighted by Crippen LogP contribution is -2.54. The van der Waals surface area contributed by atoms with Gasteiger partial charge in [-0.05, 0) is 49.7 Å². The van der Waals surface area contributed by atoms with E-state index >= 15 is 0 Å². The van der Waals surface area contributed by atoms with Gasteiger partial charge in [0.05, 0.1) is 22.4 Å². The van der Waals surface area contributed by atoms with Gasteiger partial charge in [-0.2, -0.15) is 0 Å². The molecule has 10 heteroatoms. The van der Waals surface area contributed by atoms with Crippen molar-refractivity contribution in [2.24, 2.45) is 11.8 Å². The van der Waals surface area contributed by atoms with Crippen molar-refractivity contribution in [1.82, 2.24) is 4.90 Å². The maximum Gasteiger partial charge on any atom is 0.269 e. The molecule has 2 aromatic carbocycles. The summed E-state index contributed by atoms with van der Waals surface area (Å²) in [6.45, 7) is 0.634. The van der Waals surface area contributed by atoms with E-state index in [1.165, 1.54) is 24.3 Å². The van der Waals surface area contributed by atoms with E-state index in [1.54, 1.807) is 6.07 Å². The Kier molecular flexibility index (Phi) is 3.95. The van der Waals surface area contributed by atoms with Crippen LogP contribution in [0.5, 0.6) is 0 Å². The second-order valence-electron chi connectivity index (χ2n) is 8.60. The topological polar surface area (TPSA) is 113 Å². The molecule has 4 aliphatic heterocycles. The van der Waals surface area contributed by atoms with Crippen LogP contribution < -0.4 is 10.2 Å². The number of nitrogens with one attached hydrogen (secondary N) is 1. The Morgan fingerprint density at radius 1 is 1.09 bits per heavy atom. The first-order valence-corrected chi connectivity index (χ1v) is 11.2. The van der Waals surface area contributed by atoms with E-state index in [9.17, 15) is 24.5 Å². The zero-order valence-corrected chi connectivity index (χ0v) is 18.2. The third-order valence-corrected chi connectivity index (χ3v) is 7.77. The maximum atomic E-state index is 13.8. The monoisotopic (exact) mass is 496 g/mol. The number of halogens is 1. The van der Waals surface area contributed by atoms with Crippen molar-refractivity contribution < 1.29 is 19.3 Å². The summed E-state index contributed by atoms with van der Waals surface area (Å²) >= 11 is 3.48. The number of benzene rings is 2. The molecule has 32 heavy (non-hydrogen) atoms. The molecule has 3 saturated heterocycles. The number of anilines is 2. The van der Waals surface area contributed by atoms with E-state index < -0.39 is 28.2 Å². The third kappa shape index (κ3) is 2.23. The molecular formula is C22H17BrN4O5. The predicted octanol–water partition coefficient (Wildman–Crippen LogP) is 2.79. The van der Waals surface area contributed by atoms with Crippen LogP contribution in [0.1, 0.15) is 18.4 Å². The van der Waals surface area contributed by atoms with Gasteiger partial charge in [-0.3, -0.25) is 29.4 Å². The average Bonchev–Trinajstić information content (AvgIpc) is 3.47. The summed E-state index contributed by atoms with van der Waals surface area (Å²) in [5, 5.41) is 13.9. The molecule has 0 aliphatic carbocycles. The van der Waals surface area contributed by atoms with E-state index in [0.29, 0.717) is 17.8 Å². The number of nitro groups is 1. The van der Waals surface area contributed by atoms with Crippen LogP contribution in [0.3, 0.4) is 0 Å². The van der Waals surface area contributed by atoms with Gasteiger partial charge in [0.2, 0.25) is 17.7 Å². The summed E-state index contributed by atoms with van der Waals surface area (Å²) in [5.41, 5.74) is 0.280. The normalized spacial score (nSPS) is 30.6. The molecule has 0 unspecified atom stereocenters. The Balaban J connectivity index is 1.51. The quantitative estimate of drug-likeness (QED) is 0.388. The van der Waals surface area contributed by atoms with E-state index in [0.717, 1.165) is 22.2 Å². The molecular weight excluding hydrogens is 480 g/mol. The van der Waals surface area contributed by atoms with Gasteiger partial charge in [-0.15, -0.1) is 0 Å². The van der Waals surface area contributed by atoms with Crippen molar-refractivity contribution in [3.8, 4) is 0 Å². The first kappa shape index (κ1) is 19.6. The van der Waals surface area contributed by atoms with Gasteiger partial charge in [-0.25, -0.2) is 4.90 Å². The summed E-state index contributed by atoms with van der Waals surface area (Å²) < 4.78 is 0.787. The molecule has 0 saturated carbocycles. The number of imide groups is 1. The second kappa shape index (κ2) is 6.46. The number of hydrogen-bond donors (Lipinski definition) is 1. The summed E-state index contributed by atoms with van der Waals surface area (Å²) in [4.78, 5) is 54.6. The highest BCUT2D eigenvalue weighted by Gasteiger charge is 2.74. The first-order chi connectivity index (χ1) is 15.4. The van der Waals surface area contributed by atoms with Crippen LogP contribution in [0.4, 0.5) is 17.1 Å². The first-order valence-electron chi connectivity index (χ1n) is 10.4. The number of nitro benzene ring substituents is 1. The van der Waals surface area contributed by atoms with Gasteiger partial charge < -0.3 is 5.32 Å². The molecule has 0 aromatic heterocycles. The molecule has 4 aliphatic rings. The number of amides is 3. The molecule has 1 spiro atoms. The number of non-ortho nitro benzene ring substituents is 1. The molecule has 4 heterocycles. The highest BCUT2D eigenvalue weighted by molar-refractivity contribution is 9.10.